The Morgan fingerprint density at radius 1 is 1.44 bits per heavy atom. The van der Waals surface area contributed by atoms with Crippen molar-refractivity contribution in [3.8, 4) is 0 Å². The molecule has 0 saturated heterocycles. The number of nitrogens with zero attached hydrogens (tertiary/aromatic N) is 2. The maximum Gasteiger partial charge on any atom is 0.107 e. The molecule has 0 bridgehead atoms. The summed E-state index contributed by atoms with van der Waals surface area (Å²) in [7, 11) is 4.20. The number of rotatable bonds is 6. The lowest BCUT2D eigenvalue weighted by Gasteiger charge is -2.04. The third-order valence-corrected chi connectivity index (χ3v) is 3.78. The van der Waals surface area contributed by atoms with Gasteiger partial charge in [-0.1, -0.05) is 6.92 Å². The lowest BCUT2D eigenvalue weighted by atomic mass is 10.2. The highest BCUT2D eigenvalue weighted by Gasteiger charge is 2.29. The minimum absolute atomic E-state index is 0.765. The molecule has 1 aromatic heterocycles. The Morgan fingerprint density at radius 3 is 2.75 bits per heavy atom. The van der Waals surface area contributed by atoms with Gasteiger partial charge in [0.2, 0.25) is 0 Å². The summed E-state index contributed by atoms with van der Waals surface area (Å²) in [5.41, 5.74) is 1.38. The van der Waals surface area contributed by atoms with Crippen LogP contribution >= 0.6 is 11.3 Å². The lowest BCUT2D eigenvalue weighted by Crippen LogP contribution is -2.11. The summed E-state index contributed by atoms with van der Waals surface area (Å²) < 4.78 is 0. The van der Waals surface area contributed by atoms with Crippen molar-refractivity contribution in [1.82, 2.24) is 15.2 Å². The van der Waals surface area contributed by atoms with Crippen LogP contribution in [0.1, 0.15) is 41.3 Å². The van der Waals surface area contributed by atoms with Crippen LogP contribution in [0.4, 0.5) is 0 Å². The molecule has 1 fully saturated rings. The van der Waals surface area contributed by atoms with Gasteiger partial charge in [0.15, 0.2) is 0 Å². The maximum absolute atomic E-state index is 4.80. The first-order valence-electron chi connectivity index (χ1n) is 6.04. The number of thiazole rings is 1. The van der Waals surface area contributed by atoms with E-state index in [-0.39, 0.29) is 0 Å². The monoisotopic (exact) mass is 239 g/mol. The van der Waals surface area contributed by atoms with E-state index in [1.54, 1.807) is 0 Å². The highest BCUT2D eigenvalue weighted by Crippen LogP contribution is 2.42. The molecular formula is C12H21N3S. The second-order valence-electron chi connectivity index (χ2n) is 4.71. The van der Waals surface area contributed by atoms with E-state index in [9.17, 15) is 0 Å². The molecule has 1 aliphatic rings. The number of nitrogens with one attached hydrogen (secondary N) is 1. The number of hydrogen-bond donors (Lipinski definition) is 1. The van der Waals surface area contributed by atoms with Crippen LogP contribution in [0, 0.1) is 0 Å². The second kappa shape index (κ2) is 5.25. The molecule has 0 aliphatic heterocycles. The van der Waals surface area contributed by atoms with E-state index >= 15 is 0 Å². The summed E-state index contributed by atoms with van der Waals surface area (Å²) in [6.07, 6.45) is 2.68. The van der Waals surface area contributed by atoms with E-state index in [0.29, 0.717) is 0 Å². The SMILES string of the molecule is CCNCc1sc(CN(C)C)nc1C1CC1. The van der Waals surface area contributed by atoms with Crippen molar-refractivity contribution in [2.45, 2.75) is 38.8 Å². The van der Waals surface area contributed by atoms with Crippen LogP contribution in [-0.2, 0) is 13.1 Å². The Morgan fingerprint density at radius 2 is 2.19 bits per heavy atom. The van der Waals surface area contributed by atoms with Gasteiger partial charge in [-0.15, -0.1) is 11.3 Å². The zero-order valence-electron chi connectivity index (χ0n) is 10.4. The van der Waals surface area contributed by atoms with Crippen LogP contribution in [0.5, 0.6) is 0 Å². The van der Waals surface area contributed by atoms with Crippen molar-refractivity contribution in [2.75, 3.05) is 20.6 Å². The Labute approximate surface area is 102 Å². The Balaban J connectivity index is 2.09. The van der Waals surface area contributed by atoms with Gasteiger partial charge in [-0.2, -0.15) is 0 Å². The van der Waals surface area contributed by atoms with Crippen LogP contribution in [0.3, 0.4) is 0 Å². The van der Waals surface area contributed by atoms with Crippen molar-refractivity contribution < 1.29 is 0 Å². The largest absolute Gasteiger partial charge is 0.312 e. The molecule has 0 aromatic carbocycles. The van der Waals surface area contributed by atoms with Crippen molar-refractivity contribution >= 4 is 11.3 Å². The van der Waals surface area contributed by atoms with E-state index in [1.807, 2.05) is 11.3 Å². The second-order valence-corrected chi connectivity index (χ2v) is 5.88. The van der Waals surface area contributed by atoms with Gasteiger partial charge in [0, 0.05) is 23.9 Å². The zero-order chi connectivity index (χ0) is 11.5. The number of hydrogen-bond acceptors (Lipinski definition) is 4. The Kier molecular flexibility index (Phi) is 3.95. The minimum Gasteiger partial charge on any atom is -0.312 e. The van der Waals surface area contributed by atoms with Crippen LogP contribution in [0.25, 0.3) is 0 Å². The van der Waals surface area contributed by atoms with E-state index < -0.39 is 0 Å². The highest BCUT2D eigenvalue weighted by molar-refractivity contribution is 7.11. The predicted octanol–water partition coefficient (Wildman–Crippen LogP) is 2.19. The van der Waals surface area contributed by atoms with E-state index in [0.717, 1.165) is 25.6 Å². The third kappa shape index (κ3) is 3.03. The summed E-state index contributed by atoms with van der Waals surface area (Å²) >= 11 is 1.88. The van der Waals surface area contributed by atoms with Crippen molar-refractivity contribution in [3.63, 3.8) is 0 Å². The van der Waals surface area contributed by atoms with Crippen molar-refractivity contribution in [2.24, 2.45) is 0 Å². The Hall–Kier alpha value is -0.450. The Bertz CT molecular complexity index is 342. The van der Waals surface area contributed by atoms with E-state index in [2.05, 4.69) is 31.2 Å². The standard InChI is InChI=1S/C12H21N3S/c1-4-13-7-10-12(9-5-6-9)14-11(16-10)8-15(2)3/h9,13H,4-8H2,1-3H3. The molecule has 0 unspecified atom stereocenters. The molecule has 1 aromatic rings. The molecule has 4 heteroatoms. The van der Waals surface area contributed by atoms with Gasteiger partial charge in [-0.3, -0.25) is 0 Å². The molecule has 1 heterocycles. The molecule has 0 atom stereocenters. The van der Waals surface area contributed by atoms with E-state index in [1.165, 1.54) is 28.4 Å². The van der Waals surface area contributed by atoms with Crippen LogP contribution < -0.4 is 5.32 Å². The average Bonchev–Trinajstić information content (AvgIpc) is 2.98. The lowest BCUT2D eigenvalue weighted by molar-refractivity contribution is 0.401. The average molecular weight is 239 g/mol. The summed E-state index contributed by atoms with van der Waals surface area (Å²) in [6, 6.07) is 0. The van der Waals surface area contributed by atoms with E-state index in [4.69, 9.17) is 4.98 Å². The fourth-order valence-electron chi connectivity index (χ4n) is 1.79. The fourth-order valence-corrected chi connectivity index (χ4v) is 3.04. The fraction of sp³-hybridized carbons (Fsp3) is 0.750. The normalized spacial score (nSPS) is 16.0. The van der Waals surface area contributed by atoms with Crippen LogP contribution in [0.15, 0.2) is 0 Å². The molecule has 1 saturated carbocycles. The minimum atomic E-state index is 0.765. The first-order chi connectivity index (χ1) is 7.70. The summed E-state index contributed by atoms with van der Waals surface area (Å²) in [6.45, 7) is 5.15. The first kappa shape index (κ1) is 12.0. The summed E-state index contributed by atoms with van der Waals surface area (Å²) in [4.78, 5) is 8.45. The molecule has 2 rings (SSSR count). The smallest absolute Gasteiger partial charge is 0.107 e. The van der Waals surface area contributed by atoms with Gasteiger partial charge in [0.1, 0.15) is 5.01 Å². The number of aromatic nitrogens is 1. The third-order valence-electron chi connectivity index (χ3n) is 2.72. The van der Waals surface area contributed by atoms with Gasteiger partial charge in [0.05, 0.1) is 5.69 Å². The van der Waals surface area contributed by atoms with Gasteiger partial charge >= 0.3 is 0 Å². The first-order valence-corrected chi connectivity index (χ1v) is 6.86. The molecule has 1 N–H and O–H groups in total. The zero-order valence-corrected chi connectivity index (χ0v) is 11.2. The quantitative estimate of drug-likeness (QED) is 0.825. The van der Waals surface area contributed by atoms with Gasteiger partial charge < -0.3 is 10.2 Å². The van der Waals surface area contributed by atoms with Gasteiger partial charge in [0.25, 0.3) is 0 Å². The molecule has 1 aliphatic carbocycles. The van der Waals surface area contributed by atoms with Crippen LogP contribution in [0.2, 0.25) is 0 Å². The molecule has 0 amide bonds. The van der Waals surface area contributed by atoms with Gasteiger partial charge in [-0.25, -0.2) is 4.98 Å². The molecule has 90 valence electrons. The molecule has 0 spiro atoms. The van der Waals surface area contributed by atoms with Gasteiger partial charge in [-0.05, 0) is 33.5 Å². The molecule has 16 heavy (non-hydrogen) atoms. The predicted molar refractivity (Wildman–Crippen MR) is 68.9 cm³/mol. The van der Waals surface area contributed by atoms with Crippen molar-refractivity contribution in [1.29, 1.82) is 0 Å². The summed E-state index contributed by atoms with van der Waals surface area (Å²) in [5.74, 6) is 0.765. The molecule has 3 nitrogen and oxygen atoms in total. The molecular weight excluding hydrogens is 218 g/mol. The molecule has 0 radical (unpaired) electrons. The summed E-state index contributed by atoms with van der Waals surface area (Å²) in [5, 5.41) is 4.67. The van der Waals surface area contributed by atoms with Crippen LogP contribution in [-0.4, -0.2) is 30.5 Å². The highest BCUT2D eigenvalue weighted by atomic mass is 32.1. The topological polar surface area (TPSA) is 28.2 Å². The maximum atomic E-state index is 4.80. The van der Waals surface area contributed by atoms with Crippen molar-refractivity contribution in [3.05, 3.63) is 15.6 Å².